The molecule has 0 atom stereocenters. The van der Waals surface area contributed by atoms with Crippen LogP contribution in [-0.4, -0.2) is 13.0 Å². The summed E-state index contributed by atoms with van der Waals surface area (Å²) in [6.07, 6.45) is 0. The molecule has 0 aliphatic carbocycles. The van der Waals surface area contributed by atoms with Gasteiger partial charge in [-0.25, -0.2) is 4.39 Å². The van der Waals surface area contributed by atoms with Crippen LogP contribution in [0.15, 0.2) is 48.5 Å². The molecule has 1 amide bonds. The molecule has 1 aromatic heterocycles. The van der Waals surface area contributed by atoms with Gasteiger partial charge in [-0.3, -0.25) is 4.79 Å². The number of amides is 1. The summed E-state index contributed by atoms with van der Waals surface area (Å²) in [6.45, 7) is 0. The van der Waals surface area contributed by atoms with Crippen molar-refractivity contribution in [3.05, 3.63) is 64.2 Å². The molecule has 3 rings (SSSR count). The summed E-state index contributed by atoms with van der Waals surface area (Å²) >= 11 is 7.48. The Balaban J connectivity index is 2.04. The van der Waals surface area contributed by atoms with Crippen LogP contribution < -0.4 is 4.90 Å². The first-order valence-electron chi connectivity index (χ1n) is 6.28. The van der Waals surface area contributed by atoms with E-state index in [1.165, 1.54) is 28.4 Å². The van der Waals surface area contributed by atoms with Crippen LogP contribution in [-0.2, 0) is 0 Å². The van der Waals surface area contributed by atoms with E-state index in [2.05, 4.69) is 0 Å². The average molecular weight is 320 g/mol. The molecule has 0 bridgehead atoms. The van der Waals surface area contributed by atoms with Crippen LogP contribution >= 0.6 is 22.9 Å². The number of para-hydroxylation sites is 1. The lowest BCUT2D eigenvalue weighted by atomic mass is 10.2. The minimum Gasteiger partial charge on any atom is -0.311 e. The van der Waals surface area contributed by atoms with Gasteiger partial charge in [0.1, 0.15) is 10.7 Å². The van der Waals surface area contributed by atoms with Crippen molar-refractivity contribution < 1.29 is 9.18 Å². The van der Waals surface area contributed by atoms with Gasteiger partial charge in [0.25, 0.3) is 5.91 Å². The van der Waals surface area contributed by atoms with Crippen molar-refractivity contribution in [2.45, 2.75) is 0 Å². The molecule has 0 saturated heterocycles. The Hall–Kier alpha value is -1.91. The normalized spacial score (nSPS) is 10.8. The second kappa shape index (κ2) is 5.47. The number of carbonyl (C=O) groups is 1. The molecule has 0 radical (unpaired) electrons. The van der Waals surface area contributed by atoms with Gasteiger partial charge in [-0.1, -0.05) is 29.8 Å². The van der Waals surface area contributed by atoms with Crippen molar-refractivity contribution in [2.75, 3.05) is 11.9 Å². The van der Waals surface area contributed by atoms with Crippen molar-refractivity contribution in [3.63, 3.8) is 0 Å². The van der Waals surface area contributed by atoms with Gasteiger partial charge in [0, 0.05) is 22.8 Å². The smallest absolute Gasteiger partial charge is 0.269 e. The maximum Gasteiger partial charge on any atom is 0.269 e. The van der Waals surface area contributed by atoms with E-state index in [0.29, 0.717) is 20.0 Å². The van der Waals surface area contributed by atoms with Crippen LogP contribution in [0.4, 0.5) is 10.1 Å². The first kappa shape index (κ1) is 14.0. The lowest BCUT2D eigenvalue weighted by Crippen LogP contribution is -2.25. The van der Waals surface area contributed by atoms with Gasteiger partial charge in [-0.15, -0.1) is 11.3 Å². The molecule has 0 aliphatic rings. The molecule has 2 nitrogen and oxygen atoms in total. The van der Waals surface area contributed by atoms with Gasteiger partial charge in [-0.2, -0.15) is 0 Å². The van der Waals surface area contributed by atoms with Crippen LogP contribution in [0.5, 0.6) is 0 Å². The quantitative estimate of drug-likeness (QED) is 0.653. The number of hydrogen-bond donors (Lipinski definition) is 0. The Kier molecular flexibility index (Phi) is 3.66. The van der Waals surface area contributed by atoms with E-state index in [9.17, 15) is 9.18 Å². The fraction of sp³-hybridized carbons (Fsp3) is 0.0625. The summed E-state index contributed by atoms with van der Waals surface area (Å²) < 4.78 is 13.9. The molecular formula is C16H11ClFNOS. The fourth-order valence-electron chi connectivity index (χ4n) is 2.10. The molecule has 0 spiro atoms. The predicted molar refractivity (Wildman–Crippen MR) is 86.0 cm³/mol. The third-order valence-electron chi connectivity index (χ3n) is 3.23. The summed E-state index contributed by atoms with van der Waals surface area (Å²) in [4.78, 5) is 14.5. The number of fused-ring (bicyclic) bond motifs is 1. The van der Waals surface area contributed by atoms with E-state index in [1.54, 1.807) is 13.1 Å². The molecule has 1 heterocycles. The van der Waals surface area contributed by atoms with Crippen LogP contribution in [0.3, 0.4) is 0 Å². The van der Waals surface area contributed by atoms with E-state index in [-0.39, 0.29) is 11.7 Å². The van der Waals surface area contributed by atoms with E-state index < -0.39 is 0 Å². The highest BCUT2D eigenvalue weighted by molar-refractivity contribution is 7.21. The summed E-state index contributed by atoms with van der Waals surface area (Å²) in [5.41, 5.74) is 0.780. The lowest BCUT2D eigenvalue weighted by Gasteiger charge is -2.16. The number of benzene rings is 2. The van der Waals surface area contributed by atoms with Crippen molar-refractivity contribution in [1.82, 2.24) is 0 Å². The number of thiophene rings is 1. The molecule has 5 heteroatoms. The minimum absolute atomic E-state index is 0.201. The van der Waals surface area contributed by atoms with Crippen molar-refractivity contribution in [3.8, 4) is 0 Å². The molecule has 21 heavy (non-hydrogen) atoms. The van der Waals surface area contributed by atoms with Gasteiger partial charge >= 0.3 is 0 Å². The molecule has 0 fully saturated rings. The third kappa shape index (κ3) is 2.52. The van der Waals surface area contributed by atoms with Gasteiger partial charge in [-0.05, 0) is 30.3 Å². The number of anilines is 1. The molecule has 0 N–H and O–H groups in total. The Bertz CT molecular complexity index is 816. The molecular weight excluding hydrogens is 309 g/mol. The van der Waals surface area contributed by atoms with Crippen LogP contribution in [0.1, 0.15) is 9.67 Å². The van der Waals surface area contributed by atoms with Crippen molar-refractivity contribution in [2.24, 2.45) is 0 Å². The largest absolute Gasteiger partial charge is 0.311 e. The zero-order valence-corrected chi connectivity index (χ0v) is 12.7. The monoisotopic (exact) mass is 319 g/mol. The number of carbonyl (C=O) groups excluding carboxylic acids is 1. The number of nitrogens with zero attached hydrogens (tertiary/aromatic N) is 1. The SMILES string of the molecule is CN(C(=O)c1sc2cc(F)ccc2c1Cl)c1ccccc1. The molecule has 106 valence electrons. The highest BCUT2D eigenvalue weighted by atomic mass is 35.5. The first-order valence-corrected chi connectivity index (χ1v) is 7.48. The van der Waals surface area contributed by atoms with E-state index >= 15 is 0 Å². The van der Waals surface area contributed by atoms with Crippen LogP contribution in [0, 0.1) is 5.82 Å². The number of hydrogen-bond acceptors (Lipinski definition) is 2. The van der Waals surface area contributed by atoms with E-state index in [4.69, 9.17) is 11.6 Å². The summed E-state index contributed by atoms with van der Waals surface area (Å²) in [7, 11) is 1.69. The maximum atomic E-state index is 13.3. The average Bonchev–Trinajstić information content (AvgIpc) is 2.83. The molecule has 0 unspecified atom stereocenters. The molecule has 0 saturated carbocycles. The Morgan fingerprint density at radius 3 is 2.62 bits per heavy atom. The summed E-state index contributed by atoms with van der Waals surface area (Å²) in [6, 6.07) is 13.6. The first-order chi connectivity index (χ1) is 10.1. The number of halogens is 2. The van der Waals surface area contributed by atoms with Gasteiger partial charge in [0.05, 0.1) is 5.02 Å². The van der Waals surface area contributed by atoms with Crippen LogP contribution in [0.25, 0.3) is 10.1 Å². The summed E-state index contributed by atoms with van der Waals surface area (Å²) in [5, 5.41) is 1.08. The topological polar surface area (TPSA) is 20.3 Å². The minimum atomic E-state index is -0.337. The fourth-order valence-corrected chi connectivity index (χ4v) is 3.61. The van der Waals surface area contributed by atoms with E-state index in [1.807, 2.05) is 30.3 Å². The Labute approximate surface area is 130 Å². The van der Waals surface area contributed by atoms with Crippen molar-refractivity contribution in [1.29, 1.82) is 0 Å². The third-order valence-corrected chi connectivity index (χ3v) is 4.88. The zero-order valence-electron chi connectivity index (χ0n) is 11.1. The highest BCUT2D eigenvalue weighted by Crippen LogP contribution is 2.36. The summed E-state index contributed by atoms with van der Waals surface area (Å²) in [5.74, 6) is -0.538. The molecule has 3 aromatic rings. The number of rotatable bonds is 2. The molecule has 2 aromatic carbocycles. The maximum absolute atomic E-state index is 13.3. The van der Waals surface area contributed by atoms with Crippen molar-refractivity contribution >= 4 is 44.6 Å². The highest BCUT2D eigenvalue weighted by Gasteiger charge is 2.21. The lowest BCUT2D eigenvalue weighted by molar-refractivity contribution is 0.0997. The second-order valence-electron chi connectivity index (χ2n) is 4.59. The van der Waals surface area contributed by atoms with Gasteiger partial charge < -0.3 is 4.90 Å². The Morgan fingerprint density at radius 2 is 1.90 bits per heavy atom. The van der Waals surface area contributed by atoms with Crippen LogP contribution in [0.2, 0.25) is 5.02 Å². The zero-order chi connectivity index (χ0) is 15.0. The van der Waals surface area contributed by atoms with Gasteiger partial charge in [0.15, 0.2) is 0 Å². The van der Waals surface area contributed by atoms with E-state index in [0.717, 1.165) is 5.69 Å². The second-order valence-corrected chi connectivity index (χ2v) is 6.02. The Morgan fingerprint density at radius 1 is 1.19 bits per heavy atom. The standard InChI is InChI=1S/C16H11ClFNOS/c1-19(11-5-3-2-4-6-11)16(20)15-14(17)12-8-7-10(18)9-13(12)21-15/h2-9H,1H3. The molecule has 0 aliphatic heterocycles. The predicted octanol–water partition coefficient (Wildman–Crippen LogP) is 4.97. The van der Waals surface area contributed by atoms with Gasteiger partial charge in [0.2, 0.25) is 0 Å².